The number of hydrogen-bond acceptors (Lipinski definition) is 5. The molecule has 0 aliphatic heterocycles. The number of methoxy groups -OCH3 is 3. The van der Waals surface area contributed by atoms with Gasteiger partial charge in [0, 0.05) is 18.3 Å². The van der Waals surface area contributed by atoms with Crippen LogP contribution in [0.25, 0.3) is 5.69 Å². The Hall–Kier alpha value is -3.48. The highest BCUT2D eigenvalue weighted by molar-refractivity contribution is 5.78. The monoisotopic (exact) mass is 381 g/mol. The molecule has 28 heavy (non-hydrogen) atoms. The van der Waals surface area contributed by atoms with Gasteiger partial charge >= 0.3 is 0 Å². The van der Waals surface area contributed by atoms with Crippen LogP contribution in [0.5, 0.6) is 17.2 Å². The number of nitrogens with one attached hydrogen (secondary N) is 1. The molecule has 1 aromatic heterocycles. The molecule has 0 radical (unpaired) electrons. The van der Waals surface area contributed by atoms with Crippen molar-refractivity contribution < 1.29 is 19.0 Å². The number of rotatable bonds is 8. The van der Waals surface area contributed by atoms with Crippen LogP contribution in [0.1, 0.15) is 11.1 Å². The van der Waals surface area contributed by atoms with Gasteiger partial charge in [-0.25, -0.2) is 4.68 Å². The Morgan fingerprint density at radius 2 is 1.71 bits per heavy atom. The third-order valence-corrected chi connectivity index (χ3v) is 4.30. The number of benzene rings is 2. The molecule has 146 valence electrons. The van der Waals surface area contributed by atoms with Crippen LogP contribution in [0.4, 0.5) is 0 Å². The molecule has 0 spiro atoms. The Bertz CT molecular complexity index is 913. The molecule has 3 rings (SSSR count). The molecule has 2 aromatic carbocycles. The number of amides is 1. The minimum atomic E-state index is -0.118. The molecule has 0 atom stereocenters. The SMILES string of the molecule is COc1cc(OC)c(CNC(=O)Cc2cnn(-c3ccccc3)c2)c(OC)c1. The fourth-order valence-corrected chi connectivity index (χ4v) is 2.86. The molecule has 1 heterocycles. The van der Waals surface area contributed by atoms with Crippen LogP contribution in [-0.2, 0) is 17.8 Å². The first-order chi connectivity index (χ1) is 13.6. The van der Waals surface area contributed by atoms with Gasteiger partial charge in [-0.3, -0.25) is 4.79 Å². The first-order valence-corrected chi connectivity index (χ1v) is 8.79. The normalized spacial score (nSPS) is 10.4. The lowest BCUT2D eigenvalue weighted by Crippen LogP contribution is -2.25. The molecule has 0 unspecified atom stereocenters. The van der Waals surface area contributed by atoms with E-state index in [-0.39, 0.29) is 18.9 Å². The lowest BCUT2D eigenvalue weighted by atomic mass is 10.1. The molecular weight excluding hydrogens is 358 g/mol. The van der Waals surface area contributed by atoms with Crippen molar-refractivity contribution in [2.24, 2.45) is 0 Å². The Balaban J connectivity index is 1.66. The van der Waals surface area contributed by atoms with Crippen molar-refractivity contribution in [2.75, 3.05) is 21.3 Å². The first-order valence-electron chi connectivity index (χ1n) is 8.79. The minimum Gasteiger partial charge on any atom is -0.496 e. The van der Waals surface area contributed by atoms with Crippen molar-refractivity contribution in [3.63, 3.8) is 0 Å². The highest BCUT2D eigenvalue weighted by Gasteiger charge is 2.15. The maximum absolute atomic E-state index is 12.4. The van der Waals surface area contributed by atoms with Gasteiger partial charge in [0.25, 0.3) is 0 Å². The largest absolute Gasteiger partial charge is 0.496 e. The predicted molar refractivity (Wildman–Crippen MR) is 105 cm³/mol. The third-order valence-electron chi connectivity index (χ3n) is 4.30. The van der Waals surface area contributed by atoms with Crippen LogP contribution in [-0.4, -0.2) is 37.0 Å². The van der Waals surface area contributed by atoms with Gasteiger partial charge in [-0.1, -0.05) is 18.2 Å². The summed E-state index contributed by atoms with van der Waals surface area (Å²) in [4.78, 5) is 12.4. The molecule has 0 aliphatic carbocycles. The summed E-state index contributed by atoms with van der Waals surface area (Å²) in [6, 6.07) is 13.3. The maximum Gasteiger partial charge on any atom is 0.224 e. The molecule has 0 fully saturated rings. The van der Waals surface area contributed by atoms with Crippen molar-refractivity contribution in [1.82, 2.24) is 15.1 Å². The summed E-state index contributed by atoms with van der Waals surface area (Å²) in [6.45, 7) is 0.280. The molecular formula is C21H23N3O4. The molecule has 3 aromatic rings. The van der Waals surface area contributed by atoms with Crippen molar-refractivity contribution in [1.29, 1.82) is 0 Å². The van der Waals surface area contributed by atoms with E-state index in [0.717, 1.165) is 16.8 Å². The average molecular weight is 381 g/mol. The highest BCUT2D eigenvalue weighted by atomic mass is 16.5. The fourth-order valence-electron chi connectivity index (χ4n) is 2.86. The summed E-state index contributed by atoms with van der Waals surface area (Å²) in [5.74, 6) is 1.69. The zero-order chi connectivity index (χ0) is 19.9. The second-order valence-electron chi connectivity index (χ2n) is 6.09. The second kappa shape index (κ2) is 8.94. The van der Waals surface area contributed by atoms with Crippen molar-refractivity contribution >= 4 is 5.91 Å². The van der Waals surface area contributed by atoms with Crippen LogP contribution >= 0.6 is 0 Å². The van der Waals surface area contributed by atoms with E-state index >= 15 is 0 Å². The number of aromatic nitrogens is 2. The van der Waals surface area contributed by atoms with Crippen LogP contribution in [0, 0.1) is 0 Å². The van der Waals surface area contributed by atoms with E-state index in [4.69, 9.17) is 14.2 Å². The van der Waals surface area contributed by atoms with E-state index in [1.54, 1.807) is 44.3 Å². The predicted octanol–water partition coefficient (Wildman–Crippen LogP) is 2.76. The molecule has 1 N–H and O–H groups in total. The summed E-state index contributed by atoms with van der Waals surface area (Å²) >= 11 is 0. The van der Waals surface area contributed by atoms with Gasteiger partial charge in [-0.05, 0) is 17.7 Å². The van der Waals surface area contributed by atoms with Gasteiger partial charge in [0.2, 0.25) is 5.91 Å². The topological polar surface area (TPSA) is 74.6 Å². The maximum atomic E-state index is 12.4. The number of ether oxygens (including phenoxy) is 3. The van der Waals surface area contributed by atoms with Crippen molar-refractivity contribution in [2.45, 2.75) is 13.0 Å². The first kappa shape index (κ1) is 19.3. The summed E-state index contributed by atoms with van der Waals surface area (Å²) in [6.07, 6.45) is 3.78. The van der Waals surface area contributed by atoms with Gasteiger partial charge in [0.15, 0.2) is 0 Å². The zero-order valence-electron chi connectivity index (χ0n) is 16.1. The Morgan fingerprint density at radius 1 is 1.04 bits per heavy atom. The van der Waals surface area contributed by atoms with E-state index in [1.165, 1.54) is 0 Å². The van der Waals surface area contributed by atoms with E-state index in [1.807, 2.05) is 36.5 Å². The number of carbonyl (C=O) groups is 1. The molecule has 7 nitrogen and oxygen atoms in total. The van der Waals surface area contributed by atoms with E-state index in [9.17, 15) is 4.79 Å². The fraction of sp³-hybridized carbons (Fsp3) is 0.238. The molecule has 0 bridgehead atoms. The van der Waals surface area contributed by atoms with Crippen molar-refractivity contribution in [3.05, 3.63) is 66.0 Å². The van der Waals surface area contributed by atoms with Gasteiger partial charge in [-0.2, -0.15) is 5.10 Å². The second-order valence-corrected chi connectivity index (χ2v) is 6.09. The number of hydrogen-bond donors (Lipinski definition) is 1. The van der Waals surface area contributed by atoms with Crippen LogP contribution in [0.15, 0.2) is 54.9 Å². The van der Waals surface area contributed by atoms with Crippen LogP contribution < -0.4 is 19.5 Å². The third kappa shape index (κ3) is 4.43. The smallest absolute Gasteiger partial charge is 0.224 e. The Labute approximate surface area is 163 Å². The standard InChI is InChI=1S/C21H23N3O4/c1-26-17-10-19(27-2)18(20(11-17)28-3)13-22-21(25)9-15-12-23-24(14-15)16-7-5-4-6-8-16/h4-8,10-12,14H,9,13H2,1-3H3,(H,22,25). The summed E-state index contributed by atoms with van der Waals surface area (Å²) in [7, 11) is 4.71. The van der Waals surface area contributed by atoms with Gasteiger partial charge in [-0.15, -0.1) is 0 Å². The molecule has 1 amide bonds. The Kier molecular flexibility index (Phi) is 6.16. The lowest BCUT2D eigenvalue weighted by molar-refractivity contribution is -0.120. The van der Waals surface area contributed by atoms with Gasteiger partial charge in [0.05, 0.1) is 51.7 Å². The van der Waals surface area contributed by atoms with E-state index in [2.05, 4.69) is 10.4 Å². The Morgan fingerprint density at radius 3 is 2.32 bits per heavy atom. The van der Waals surface area contributed by atoms with Crippen LogP contribution in [0.3, 0.4) is 0 Å². The van der Waals surface area contributed by atoms with Crippen molar-refractivity contribution in [3.8, 4) is 22.9 Å². The number of para-hydroxylation sites is 1. The quantitative estimate of drug-likeness (QED) is 0.649. The molecule has 0 aliphatic rings. The van der Waals surface area contributed by atoms with Crippen LogP contribution in [0.2, 0.25) is 0 Å². The van der Waals surface area contributed by atoms with E-state index in [0.29, 0.717) is 17.2 Å². The summed E-state index contributed by atoms with van der Waals surface area (Å²) < 4.78 is 17.8. The van der Waals surface area contributed by atoms with Gasteiger partial charge in [0.1, 0.15) is 17.2 Å². The highest BCUT2D eigenvalue weighted by Crippen LogP contribution is 2.33. The average Bonchev–Trinajstić information content (AvgIpc) is 3.20. The summed E-state index contributed by atoms with van der Waals surface area (Å²) in [5, 5.41) is 7.22. The minimum absolute atomic E-state index is 0.118. The molecule has 0 saturated heterocycles. The van der Waals surface area contributed by atoms with E-state index < -0.39 is 0 Å². The molecule has 7 heteroatoms. The summed E-state index contributed by atoms with van der Waals surface area (Å²) in [5.41, 5.74) is 2.52. The zero-order valence-corrected chi connectivity index (χ0v) is 16.1. The number of nitrogens with zero attached hydrogens (tertiary/aromatic N) is 2. The molecule has 0 saturated carbocycles. The number of carbonyl (C=O) groups excluding carboxylic acids is 1. The van der Waals surface area contributed by atoms with Gasteiger partial charge < -0.3 is 19.5 Å². The lowest BCUT2D eigenvalue weighted by Gasteiger charge is -2.15.